The third-order valence-corrected chi connectivity index (χ3v) is 6.92. The largest absolute Gasteiger partial charge is 0.382 e. The van der Waals surface area contributed by atoms with Gasteiger partial charge in [0.1, 0.15) is 0 Å². The topological polar surface area (TPSA) is 24.1 Å². The van der Waals surface area contributed by atoms with Crippen molar-refractivity contribution in [2.75, 3.05) is 5.32 Å². The third kappa shape index (κ3) is 3.23. The molecule has 5 rings (SSSR count). The smallest absolute Gasteiger partial charge is 0.0523 e. The Morgan fingerprint density at radius 1 is 1.07 bits per heavy atom. The zero-order chi connectivity index (χ0) is 18.6. The number of hydrogen-bond acceptors (Lipinski definition) is 2. The molecule has 0 bridgehead atoms. The van der Waals surface area contributed by atoms with Crippen LogP contribution in [-0.2, 0) is 5.41 Å². The summed E-state index contributed by atoms with van der Waals surface area (Å²) in [6, 6.07) is 13.5. The first-order valence-corrected chi connectivity index (χ1v) is 10.6. The van der Waals surface area contributed by atoms with E-state index in [1.54, 1.807) is 6.07 Å². The van der Waals surface area contributed by atoms with Gasteiger partial charge in [0.15, 0.2) is 0 Å². The lowest BCUT2D eigenvalue weighted by molar-refractivity contribution is 0.378. The molecular formula is C23H24Cl2N2. The molecule has 1 heterocycles. The van der Waals surface area contributed by atoms with Gasteiger partial charge in [-0.25, -0.2) is 0 Å². The molecule has 3 aliphatic rings. The number of hydrogen-bond donors (Lipinski definition) is 2. The maximum Gasteiger partial charge on any atom is 0.0523 e. The minimum Gasteiger partial charge on any atom is -0.382 e. The molecule has 4 heteroatoms. The summed E-state index contributed by atoms with van der Waals surface area (Å²) >= 11 is 12.5. The van der Waals surface area contributed by atoms with Gasteiger partial charge in [0.2, 0.25) is 0 Å². The first-order chi connectivity index (χ1) is 13.0. The molecule has 27 heavy (non-hydrogen) atoms. The van der Waals surface area contributed by atoms with Crippen molar-refractivity contribution >= 4 is 34.6 Å². The highest BCUT2D eigenvalue weighted by molar-refractivity contribution is 6.34. The number of halogens is 2. The number of rotatable bonds is 4. The van der Waals surface area contributed by atoms with Crippen molar-refractivity contribution in [2.24, 2.45) is 0 Å². The third-order valence-electron chi connectivity index (χ3n) is 6.49. The zero-order valence-electron chi connectivity index (χ0n) is 15.3. The van der Waals surface area contributed by atoms with E-state index in [4.69, 9.17) is 23.2 Å². The van der Waals surface area contributed by atoms with E-state index >= 15 is 0 Å². The molecule has 2 N–H and O–H groups in total. The van der Waals surface area contributed by atoms with Crippen molar-refractivity contribution in [1.29, 1.82) is 0 Å². The van der Waals surface area contributed by atoms with E-state index in [9.17, 15) is 0 Å². The molecule has 1 aliphatic heterocycles. The summed E-state index contributed by atoms with van der Waals surface area (Å²) in [7, 11) is 0. The molecule has 1 atom stereocenters. The molecule has 2 fully saturated rings. The SMILES string of the molecule is C=C(NC1CCC1)c1ccc2c(c1)C1(CC1)CC(c1cc(Cl)cc(Cl)c1)N2. The maximum atomic E-state index is 6.24. The van der Waals surface area contributed by atoms with E-state index in [1.165, 1.54) is 54.5 Å². The highest BCUT2D eigenvalue weighted by atomic mass is 35.5. The quantitative estimate of drug-likeness (QED) is 0.598. The van der Waals surface area contributed by atoms with Crippen LogP contribution < -0.4 is 10.6 Å². The Balaban J connectivity index is 1.44. The number of anilines is 1. The summed E-state index contributed by atoms with van der Waals surface area (Å²) in [4.78, 5) is 0. The molecule has 140 valence electrons. The van der Waals surface area contributed by atoms with Crippen LogP contribution >= 0.6 is 23.2 Å². The highest BCUT2D eigenvalue weighted by Gasteiger charge is 2.49. The van der Waals surface area contributed by atoms with E-state index in [1.807, 2.05) is 12.1 Å². The Bertz CT molecular complexity index is 892. The van der Waals surface area contributed by atoms with Crippen LogP contribution in [0.15, 0.2) is 43.0 Å². The average molecular weight is 399 g/mol. The Hall–Kier alpha value is -1.64. The molecule has 0 saturated heterocycles. The van der Waals surface area contributed by atoms with Gasteiger partial charge in [0, 0.05) is 27.5 Å². The maximum absolute atomic E-state index is 6.24. The van der Waals surface area contributed by atoms with Crippen molar-refractivity contribution in [3.05, 3.63) is 69.7 Å². The molecule has 0 aromatic heterocycles. The fourth-order valence-electron chi connectivity index (χ4n) is 4.52. The summed E-state index contributed by atoms with van der Waals surface area (Å²) < 4.78 is 0. The van der Waals surface area contributed by atoms with Crippen LogP contribution in [0.3, 0.4) is 0 Å². The lowest BCUT2D eigenvalue weighted by atomic mass is 9.81. The molecule has 0 amide bonds. The molecule has 2 aromatic carbocycles. The van der Waals surface area contributed by atoms with Crippen LogP contribution in [0.2, 0.25) is 10.0 Å². The molecule has 2 aliphatic carbocycles. The van der Waals surface area contributed by atoms with Gasteiger partial charge < -0.3 is 10.6 Å². The fourth-order valence-corrected chi connectivity index (χ4v) is 5.06. The monoisotopic (exact) mass is 398 g/mol. The molecule has 2 nitrogen and oxygen atoms in total. The first kappa shape index (κ1) is 17.5. The summed E-state index contributed by atoms with van der Waals surface area (Å²) in [5, 5.41) is 8.71. The average Bonchev–Trinajstić information content (AvgIpc) is 3.37. The van der Waals surface area contributed by atoms with Gasteiger partial charge in [0.25, 0.3) is 0 Å². The normalized spacial score (nSPS) is 22.5. The molecule has 1 unspecified atom stereocenters. The van der Waals surface area contributed by atoms with Crippen molar-refractivity contribution in [3.63, 3.8) is 0 Å². The first-order valence-electron chi connectivity index (χ1n) is 9.85. The van der Waals surface area contributed by atoms with E-state index in [2.05, 4.69) is 35.4 Å². The summed E-state index contributed by atoms with van der Waals surface area (Å²) in [6.45, 7) is 4.28. The Labute approximate surface area is 171 Å². The standard InChI is InChI=1S/C23H24Cl2N2/c1-14(26-19-3-2-4-19)15-5-6-21-20(11-15)23(7-8-23)13-22(27-21)16-9-17(24)12-18(25)10-16/h5-6,9-12,19,22,26-27H,1-4,7-8,13H2. The van der Waals surface area contributed by atoms with Crippen LogP contribution in [-0.4, -0.2) is 6.04 Å². The van der Waals surface area contributed by atoms with Crippen LogP contribution in [0, 0.1) is 0 Å². The molecule has 2 aromatic rings. The van der Waals surface area contributed by atoms with Gasteiger partial charge in [-0.05, 0) is 91.0 Å². The van der Waals surface area contributed by atoms with Crippen LogP contribution in [0.4, 0.5) is 5.69 Å². The molecule has 1 spiro atoms. The second-order valence-electron chi connectivity index (χ2n) is 8.40. The number of fused-ring (bicyclic) bond motifs is 2. The van der Waals surface area contributed by atoms with E-state index in [0.717, 1.165) is 12.1 Å². The van der Waals surface area contributed by atoms with Gasteiger partial charge in [0.05, 0.1) is 6.04 Å². The summed E-state index contributed by atoms with van der Waals surface area (Å²) in [5.74, 6) is 0. The van der Waals surface area contributed by atoms with E-state index in [0.29, 0.717) is 16.1 Å². The van der Waals surface area contributed by atoms with Crippen LogP contribution in [0.1, 0.15) is 61.3 Å². The molecular weight excluding hydrogens is 375 g/mol. The van der Waals surface area contributed by atoms with E-state index in [-0.39, 0.29) is 11.5 Å². The van der Waals surface area contributed by atoms with Gasteiger partial charge in [-0.2, -0.15) is 0 Å². The minimum atomic E-state index is 0.248. The van der Waals surface area contributed by atoms with Crippen LogP contribution in [0.25, 0.3) is 5.70 Å². The summed E-state index contributed by atoms with van der Waals surface area (Å²) in [6.07, 6.45) is 7.44. The van der Waals surface area contributed by atoms with Gasteiger partial charge in [-0.15, -0.1) is 0 Å². The van der Waals surface area contributed by atoms with Gasteiger partial charge in [-0.3, -0.25) is 0 Å². The van der Waals surface area contributed by atoms with Crippen molar-refractivity contribution in [3.8, 4) is 0 Å². The van der Waals surface area contributed by atoms with Crippen molar-refractivity contribution in [2.45, 2.75) is 56.0 Å². The summed E-state index contributed by atoms with van der Waals surface area (Å²) in [5.41, 5.74) is 6.41. The van der Waals surface area contributed by atoms with Crippen LogP contribution in [0.5, 0.6) is 0 Å². The molecule has 2 saturated carbocycles. The van der Waals surface area contributed by atoms with Crippen molar-refractivity contribution in [1.82, 2.24) is 5.32 Å². The fraction of sp³-hybridized carbons (Fsp3) is 0.391. The predicted molar refractivity (Wildman–Crippen MR) is 115 cm³/mol. The lowest BCUT2D eigenvalue weighted by Crippen LogP contribution is -2.33. The lowest BCUT2D eigenvalue weighted by Gasteiger charge is -2.35. The minimum absolute atomic E-state index is 0.248. The highest BCUT2D eigenvalue weighted by Crippen LogP contribution is 2.59. The number of benzene rings is 2. The van der Waals surface area contributed by atoms with E-state index < -0.39 is 0 Å². The molecule has 0 radical (unpaired) electrons. The van der Waals surface area contributed by atoms with Gasteiger partial charge >= 0.3 is 0 Å². The van der Waals surface area contributed by atoms with Gasteiger partial charge in [-0.1, -0.05) is 35.8 Å². The Kier molecular flexibility index (Phi) is 4.18. The predicted octanol–water partition coefficient (Wildman–Crippen LogP) is 6.69. The zero-order valence-corrected chi connectivity index (χ0v) is 16.8. The second-order valence-corrected chi connectivity index (χ2v) is 9.27. The Morgan fingerprint density at radius 3 is 2.44 bits per heavy atom. The Morgan fingerprint density at radius 2 is 1.81 bits per heavy atom. The van der Waals surface area contributed by atoms with Crippen molar-refractivity contribution < 1.29 is 0 Å². The second kappa shape index (κ2) is 6.46. The number of nitrogens with one attached hydrogen (secondary N) is 2.